The van der Waals surface area contributed by atoms with Crippen LogP contribution in [0, 0.1) is 5.92 Å². The summed E-state index contributed by atoms with van der Waals surface area (Å²) in [6.45, 7) is 5.64. The second-order valence-electron chi connectivity index (χ2n) is 3.79. The molecule has 1 aliphatic heterocycles. The molecular formula is C10H19NO3. The highest BCUT2D eigenvalue weighted by Crippen LogP contribution is 2.22. The zero-order chi connectivity index (χ0) is 10.6. The fourth-order valence-corrected chi connectivity index (χ4v) is 1.95. The van der Waals surface area contributed by atoms with Crippen LogP contribution in [-0.2, 0) is 9.53 Å². The molecule has 2 unspecified atom stereocenters. The van der Waals surface area contributed by atoms with E-state index in [4.69, 9.17) is 9.84 Å². The average molecular weight is 201 g/mol. The molecule has 14 heavy (non-hydrogen) atoms. The van der Waals surface area contributed by atoms with Crippen LogP contribution in [0.15, 0.2) is 0 Å². The van der Waals surface area contributed by atoms with Gasteiger partial charge in [-0.15, -0.1) is 0 Å². The van der Waals surface area contributed by atoms with Crippen molar-refractivity contribution in [3.63, 3.8) is 0 Å². The van der Waals surface area contributed by atoms with E-state index in [0.29, 0.717) is 19.1 Å². The first-order valence-corrected chi connectivity index (χ1v) is 5.19. The van der Waals surface area contributed by atoms with Crippen molar-refractivity contribution in [3.8, 4) is 0 Å². The number of likely N-dealkylation sites (tertiary alicyclic amines) is 1. The van der Waals surface area contributed by atoms with Crippen molar-refractivity contribution in [1.29, 1.82) is 0 Å². The summed E-state index contributed by atoms with van der Waals surface area (Å²) in [5.41, 5.74) is 0. The lowest BCUT2D eigenvalue weighted by molar-refractivity contribution is -0.144. The van der Waals surface area contributed by atoms with Gasteiger partial charge in [-0.3, -0.25) is 9.69 Å². The zero-order valence-corrected chi connectivity index (χ0v) is 8.90. The van der Waals surface area contributed by atoms with E-state index in [0.717, 1.165) is 13.0 Å². The predicted molar refractivity (Wildman–Crippen MR) is 52.9 cm³/mol. The molecule has 0 saturated carbocycles. The Morgan fingerprint density at radius 1 is 1.64 bits per heavy atom. The molecule has 82 valence electrons. The molecule has 2 atom stereocenters. The maximum absolute atomic E-state index is 11.2. The van der Waals surface area contributed by atoms with Crippen LogP contribution in [-0.4, -0.2) is 48.3 Å². The molecule has 1 rings (SSSR count). The molecule has 1 N–H and O–H groups in total. The van der Waals surface area contributed by atoms with E-state index >= 15 is 0 Å². The molecule has 0 radical (unpaired) electrons. The van der Waals surface area contributed by atoms with Crippen LogP contribution in [0.25, 0.3) is 0 Å². The van der Waals surface area contributed by atoms with Gasteiger partial charge in [-0.1, -0.05) is 6.92 Å². The molecule has 1 heterocycles. The number of aliphatic hydroxyl groups is 1. The molecule has 0 aromatic heterocycles. The van der Waals surface area contributed by atoms with Gasteiger partial charge in [0.25, 0.3) is 0 Å². The predicted octanol–water partition coefficient (Wildman–Crippen LogP) is 0.252. The number of carbonyl (C=O) groups is 1. The lowest BCUT2D eigenvalue weighted by Crippen LogP contribution is -2.39. The molecular weight excluding hydrogens is 182 g/mol. The SMILES string of the molecule is CCOC(=O)CN1CCC(C)C1CO. The first-order chi connectivity index (χ1) is 6.69. The van der Waals surface area contributed by atoms with Crippen LogP contribution in [0.3, 0.4) is 0 Å². The van der Waals surface area contributed by atoms with Gasteiger partial charge in [0.05, 0.1) is 19.8 Å². The molecule has 4 nitrogen and oxygen atoms in total. The van der Waals surface area contributed by atoms with Crippen molar-refractivity contribution in [3.05, 3.63) is 0 Å². The summed E-state index contributed by atoms with van der Waals surface area (Å²) in [4.78, 5) is 13.2. The summed E-state index contributed by atoms with van der Waals surface area (Å²) in [6.07, 6.45) is 1.05. The van der Waals surface area contributed by atoms with Gasteiger partial charge in [0.15, 0.2) is 0 Å². The Morgan fingerprint density at radius 2 is 2.36 bits per heavy atom. The van der Waals surface area contributed by atoms with Gasteiger partial charge in [-0.2, -0.15) is 0 Å². The first kappa shape index (κ1) is 11.5. The van der Waals surface area contributed by atoms with Gasteiger partial charge in [0.2, 0.25) is 0 Å². The topological polar surface area (TPSA) is 49.8 Å². The fraction of sp³-hybridized carbons (Fsp3) is 0.900. The summed E-state index contributed by atoms with van der Waals surface area (Å²) < 4.78 is 4.87. The van der Waals surface area contributed by atoms with E-state index in [1.807, 2.05) is 4.90 Å². The molecule has 0 aliphatic carbocycles. The number of nitrogens with zero attached hydrogens (tertiary/aromatic N) is 1. The van der Waals surface area contributed by atoms with Gasteiger partial charge in [0.1, 0.15) is 0 Å². The Bertz CT molecular complexity index is 196. The van der Waals surface area contributed by atoms with E-state index in [2.05, 4.69) is 6.92 Å². The number of aliphatic hydroxyl groups excluding tert-OH is 1. The van der Waals surface area contributed by atoms with E-state index in [-0.39, 0.29) is 18.6 Å². The van der Waals surface area contributed by atoms with Crippen LogP contribution < -0.4 is 0 Å². The molecule has 4 heteroatoms. The number of esters is 1. The van der Waals surface area contributed by atoms with Crippen molar-refractivity contribution in [2.45, 2.75) is 26.3 Å². The van der Waals surface area contributed by atoms with Gasteiger partial charge in [-0.05, 0) is 25.8 Å². The summed E-state index contributed by atoms with van der Waals surface area (Å²) in [6, 6.07) is 0.124. The van der Waals surface area contributed by atoms with E-state index in [1.54, 1.807) is 6.92 Å². The third-order valence-corrected chi connectivity index (χ3v) is 2.82. The Balaban J connectivity index is 2.40. The highest BCUT2D eigenvalue weighted by atomic mass is 16.5. The lowest BCUT2D eigenvalue weighted by Gasteiger charge is -2.23. The number of hydrogen-bond acceptors (Lipinski definition) is 4. The maximum atomic E-state index is 11.2. The van der Waals surface area contributed by atoms with Crippen LogP contribution in [0.5, 0.6) is 0 Å². The molecule has 1 aliphatic rings. The highest BCUT2D eigenvalue weighted by molar-refractivity contribution is 5.71. The average Bonchev–Trinajstić information content (AvgIpc) is 2.47. The minimum Gasteiger partial charge on any atom is -0.465 e. The third kappa shape index (κ3) is 2.69. The third-order valence-electron chi connectivity index (χ3n) is 2.82. The van der Waals surface area contributed by atoms with E-state index < -0.39 is 0 Å². The summed E-state index contributed by atoms with van der Waals surface area (Å²) in [7, 11) is 0. The van der Waals surface area contributed by atoms with Crippen molar-refractivity contribution in [1.82, 2.24) is 4.90 Å². The standard InChI is InChI=1S/C10H19NO3/c1-3-14-10(13)6-11-5-4-8(2)9(11)7-12/h8-9,12H,3-7H2,1-2H3. The summed E-state index contributed by atoms with van der Waals surface area (Å²) in [5, 5.41) is 9.16. The lowest BCUT2D eigenvalue weighted by atomic mass is 10.0. The van der Waals surface area contributed by atoms with Gasteiger partial charge < -0.3 is 9.84 Å². The smallest absolute Gasteiger partial charge is 0.320 e. The maximum Gasteiger partial charge on any atom is 0.320 e. The van der Waals surface area contributed by atoms with Crippen LogP contribution in [0.1, 0.15) is 20.3 Å². The molecule has 1 saturated heterocycles. The first-order valence-electron chi connectivity index (χ1n) is 5.19. The Kier molecular flexibility index (Phi) is 4.35. The molecule has 0 bridgehead atoms. The van der Waals surface area contributed by atoms with Crippen LogP contribution >= 0.6 is 0 Å². The summed E-state index contributed by atoms with van der Waals surface area (Å²) in [5.74, 6) is 0.273. The largest absolute Gasteiger partial charge is 0.465 e. The molecule has 0 aromatic carbocycles. The van der Waals surface area contributed by atoms with Crippen molar-refractivity contribution < 1.29 is 14.6 Å². The zero-order valence-electron chi connectivity index (χ0n) is 8.90. The molecule has 1 fully saturated rings. The van der Waals surface area contributed by atoms with E-state index in [1.165, 1.54) is 0 Å². The summed E-state index contributed by atoms with van der Waals surface area (Å²) >= 11 is 0. The quantitative estimate of drug-likeness (QED) is 0.662. The Morgan fingerprint density at radius 3 is 2.93 bits per heavy atom. The van der Waals surface area contributed by atoms with Gasteiger partial charge >= 0.3 is 5.97 Å². The second-order valence-corrected chi connectivity index (χ2v) is 3.79. The molecule has 0 amide bonds. The fourth-order valence-electron chi connectivity index (χ4n) is 1.95. The monoisotopic (exact) mass is 201 g/mol. The molecule has 0 aromatic rings. The molecule has 0 spiro atoms. The van der Waals surface area contributed by atoms with Crippen LogP contribution in [0.2, 0.25) is 0 Å². The number of rotatable bonds is 4. The second kappa shape index (κ2) is 5.32. The van der Waals surface area contributed by atoms with Gasteiger partial charge in [-0.25, -0.2) is 0 Å². The van der Waals surface area contributed by atoms with Crippen molar-refractivity contribution >= 4 is 5.97 Å². The van der Waals surface area contributed by atoms with Crippen LogP contribution in [0.4, 0.5) is 0 Å². The highest BCUT2D eigenvalue weighted by Gasteiger charge is 2.31. The Hall–Kier alpha value is -0.610. The number of carbonyl (C=O) groups excluding carboxylic acids is 1. The number of hydrogen-bond donors (Lipinski definition) is 1. The minimum absolute atomic E-state index is 0.124. The van der Waals surface area contributed by atoms with Crippen molar-refractivity contribution in [2.24, 2.45) is 5.92 Å². The Labute approximate surface area is 84.8 Å². The minimum atomic E-state index is -0.194. The number of ether oxygens (including phenoxy) is 1. The van der Waals surface area contributed by atoms with Crippen molar-refractivity contribution in [2.75, 3.05) is 26.3 Å². The normalized spacial score (nSPS) is 27.9. The van der Waals surface area contributed by atoms with E-state index in [9.17, 15) is 4.79 Å². The van der Waals surface area contributed by atoms with Gasteiger partial charge in [0, 0.05) is 6.04 Å².